The third-order valence-corrected chi connectivity index (χ3v) is 8.37. The number of anilines is 1. The third kappa shape index (κ3) is 6.11. The van der Waals surface area contributed by atoms with Crippen molar-refractivity contribution in [3.8, 4) is 5.75 Å². The van der Waals surface area contributed by atoms with Crippen molar-refractivity contribution in [2.45, 2.75) is 76.7 Å². The number of aromatic nitrogens is 1. The molecule has 1 aliphatic rings. The monoisotopic (exact) mass is 494 g/mol. The van der Waals surface area contributed by atoms with Crippen molar-refractivity contribution in [3.05, 3.63) is 34.5 Å². The number of ketones is 1. The number of Topliss-reactive ketones (excluding diaryl/α,β-unsaturated/α-hetero) is 1. The van der Waals surface area contributed by atoms with Gasteiger partial charge in [0.15, 0.2) is 4.21 Å². The van der Waals surface area contributed by atoms with Crippen LogP contribution in [0.4, 0.5) is 5.69 Å². The van der Waals surface area contributed by atoms with Crippen molar-refractivity contribution < 1.29 is 27.5 Å². The standard InChI is InChI=1S/C23H30N2O6S2/c1-14(26)7-9-18-13-25(33(28,29)22-15(2)24-16(3)32-22)19-11-17(8-10-20(19)30-18)12-21(27)31-23(4,5)6/h8,10-11,18H,7,9,12-13H2,1-6H3/t18-/m0/s1. The maximum atomic E-state index is 13.7. The number of fused-ring (bicyclic) bond motifs is 1. The highest BCUT2D eigenvalue weighted by Crippen LogP contribution is 2.40. The predicted molar refractivity (Wildman–Crippen MR) is 126 cm³/mol. The number of hydrogen-bond acceptors (Lipinski definition) is 8. The molecule has 0 unspecified atom stereocenters. The molecule has 1 aliphatic heterocycles. The molecule has 0 saturated heterocycles. The Kier molecular flexibility index (Phi) is 7.18. The van der Waals surface area contributed by atoms with Gasteiger partial charge in [0.25, 0.3) is 10.0 Å². The number of carbonyl (C=O) groups excluding carboxylic acids is 2. The summed E-state index contributed by atoms with van der Waals surface area (Å²) in [6.07, 6.45) is 0.234. The topological polar surface area (TPSA) is 103 Å². The van der Waals surface area contributed by atoms with Crippen molar-refractivity contribution in [1.82, 2.24) is 4.98 Å². The van der Waals surface area contributed by atoms with Crippen molar-refractivity contribution in [2.75, 3.05) is 10.8 Å². The van der Waals surface area contributed by atoms with Crippen LogP contribution >= 0.6 is 11.3 Å². The number of carbonyl (C=O) groups is 2. The van der Waals surface area contributed by atoms with Gasteiger partial charge in [-0.3, -0.25) is 9.10 Å². The molecule has 0 spiro atoms. The molecule has 1 aromatic carbocycles. The fraction of sp³-hybridized carbons (Fsp3) is 0.522. The molecule has 2 heterocycles. The second kappa shape index (κ2) is 9.42. The van der Waals surface area contributed by atoms with Crippen LogP contribution in [0, 0.1) is 13.8 Å². The van der Waals surface area contributed by atoms with E-state index in [1.807, 2.05) is 0 Å². The molecule has 33 heavy (non-hydrogen) atoms. The largest absolute Gasteiger partial charge is 0.486 e. The van der Waals surface area contributed by atoms with Crippen LogP contribution in [0.15, 0.2) is 22.4 Å². The summed E-state index contributed by atoms with van der Waals surface area (Å²) < 4.78 is 40.3. The minimum Gasteiger partial charge on any atom is -0.486 e. The Hall–Kier alpha value is -2.46. The molecule has 180 valence electrons. The average Bonchev–Trinajstić information content (AvgIpc) is 3.03. The van der Waals surface area contributed by atoms with Crippen LogP contribution in [0.3, 0.4) is 0 Å². The molecule has 1 atom stereocenters. The van der Waals surface area contributed by atoms with Crippen LogP contribution in [-0.4, -0.2) is 43.4 Å². The number of thiazole rings is 1. The lowest BCUT2D eigenvalue weighted by Crippen LogP contribution is -2.43. The van der Waals surface area contributed by atoms with E-state index in [0.29, 0.717) is 40.5 Å². The lowest BCUT2D eigenvalue weighted by Gasteiger charge is -2.35. The molecule has 0 saturated carbocycles. The molecule has 10 heteroatoms. The minimum absolute atomic E-state index is 0.00486. The first kappa shape index (κ1) is 25.2. The van der Waals surface area contributed by atoms with Gasteiger partial charge in [0.05, 0.1) is 29.4 Å². The molecule has 1 aromatic heterocycles. The van der Waals surface area contributed by atoms with Gasteiger partial charge in [0.1, 0.15) is 23.2 Å². The SMILES string of the molecule is CC(=O)CC[C@H]1CN(S(=O)(=O)c2sc(C)nc2C)c2cc(CC(=O)OC(C)(C)C)ccc2O1. The van der Waals surface area contributed by atoms with Gasteiger partial charge in [-0.2, -0.15) is 0 Å². The van der Waals surface area contributed by atoms with E-state index < -0.39 is 27.7 Å². The van der Waals surface area contributed by atoms with E-state index in [2.05, 4.69) is 4.98 Å². The average molecular weight is 495 g/mol. The van der Waals surface area contributed by atoms with Crippen molar-refractivity contribution in [3.63, 3.8) is 0 Å². The fourth-order valence-corrected chi connectivity index (χ4v) is 6.69. The number of nitrogens with zero attached hydrogens (tertiary/aromatic N) is 2. The smallest absolute Gasteiger partial charge is 0.310 e. The van der Waals surface area contributed by atoms with Crippen LogP contribution in [0.2, 0.25) is 0 Å². The number of ether oxygens (including phenoxy) is 2. The summed E-state index contributed by atoms with van der Waals surface area (Å²) in [5, 5.41) is 0.659. The first-order valence-electron chi connectivity index (χ1n) is 10.7. The molecule has 2 aromatic rings. The van der Waals surface area contributed by atoms with Gasteiger partial charge >= 0.3 is 5.97 Å². The van der Waals surface area contributed by atoms with E-state index in [1.54, 1.807) is 52.8 Å². The molecule has 3 rings (SSSR count). The van der Waals surface area contributed by atoms with Gasteiger partial charge < -0.3 is 14.3 Å². The zero-order chi connectivity index (χ0) is 24.6. The van der Waals surface area contributed by atoms with Gasteiger partial charge in [0.2, 0.25) is 0 Å². The molecule has 0 bridgehead atoms. The first-order chi connectivity index (χ1) is 15.3. The highest BCUT2D eigenvalue weighted by molar-refractivity contribution is 7.94. The molecule has 0 radical (unpaired) electrons. The molecule has 0 N–H and O–H groups in total. The lowest BCUT2D eigenvalue weighted by atomic mass is 10.1. The number of aryl methyl sites for hydroxylation is 2. The van der Waals surface area contributed by atoms with Crippen LogP contribution in [0.1, 0.15) is 56.8 Å². The van der Waals surface area contributed by atoms with E-state index in [4.69, 9.17) is 9.47 Å². The predicted octanol–water partition coefficient (Wildman–Crippen LogP) is 3.97. The highest BCUT2D eigenvalue weighted by Gasteiger charge is 2.37. The summed E-state index contributed by atoms with van der Waals surface area (Å²) in [5.41, 5.74) is 0.803. The molecule has 8 nitrogen and oxygen atoms in total. The zero-order valence-corrected chi connectivity index (χ0v) is 21.4. The van der Waals surface area contributed by atoms with Crippen molar-refractivity contribution in [1.29, 1.82) is 0 Å². The summed E-state index contributed by atoms with van der Waals surface area (Å²) in [7, 11) is -3.92. The Labute approximate surface area is 199 Å². The van der Waals surface area contributed by atoms with E-state index in [1.165, 1.54) is 11.2 Å². The Balaban J connectivity index is 2.00. The van der Waals surface area contributed by atoms with Gasteiger partial charge in [-0.05, 0) is 65.7 Å². The number of sulfonamides is 1. The molecular weight excluding hydrogens is 464 g/mol. The van der Waals surface area contributed by atoms with Crippen molar-refractivity contribution >= 4 is 38.8 Å². The van der Waals surface area contributed by atoms with Gasteiger partial charge in [0, 0.05) is 6.42 Å². The molecule has 0 aliphatic carbocycles. The van der Waals surface area contributed by atoms with Crippen molar-refractivity contribution in [2.24, 2.45) is 0 Å². The van der Waals surface area contributed by atoms with Crippen LogP contribution in [-0.2, 0) is 30.8 Å². The number of esters is 1. The summed E-state index contributed by atoms with van der Waals surface area (Å²) in [5.74, 6) is 0.00694. The zero-order valence-electron chi connectivity index (χ0n) is 19.8. The normalized spacial score (nSPS) is 16.2. The Bertz CT molecular complexity index is 1160. The quantitative estimate of drug-likeness (QED) is 0.537. The van der Waals surface area contributed by atoms with Crippen LogP contribution in [0.5, 0.6) is 5.75 Å². The molecular formula is C23H30N2O6S2. The van der Waals surface area contributed by atoms with E-state index in [0.717, 1.165) is 11.3 Å². The highest BCUT2D eigenvalue weighted by atomic mass is 32.2. The van der Waals surface area contributed by atoms with E-state index in [-0.39, 0.29) is 23.0 Å². The summed E-state index contributed by atoms with van der Waals surface area (Å²) in [6.45, 7) is 10.4. The third-order valence-electron chi connectivity index (χ3n) is 4.93. The maximum absolute atomic E-state index is 13.7. The lowest BCUT2D eigenvalue weighted by molar-refractivity contribution is -0.153. The van der Waals surface area contributed by atoms with Gasteiger partial charge in [-0.1, -0.05) is 6.07 Å². The van der Waals surface area contributed by atoms with E-state index in [9.17, 15) is 18.0 Å². The fourth-order valence-electron chi connectivity index (χ4n) is 3.61. The maximum Gasteiger partial charge on any atom is 0.310 e. The minimum atomic E-state index is -3.92. The Morgan fingerprint density at radius 3 is 2.55 bits per heavy atom. The second-order valence-corrected chi connectivity index (χ2v) is 12.4. The summed E-state index contributed by atoms with van der Waals surface area (Å²) in [4.78, 5) is 28.1. The summed E-state index contributed by atoms with van der Waals surface area (Å²) in [6, 6.07) is 5.05. The van der Waals surface area contributed by atoms with Gasteiger partial charge in [-0.25, -0.2) is 13.4 Å². The van der Waals surface area contributed by atoms with E-state index >= 15 is 0 Å². The first-order valence-corrected chi connectivity index (χ1v) is 13.0. The number of benzene rings is 1. The number of hydrogen-bond donors (Lipinski definition) is 0. The number of rotatable bonds is 7. The van der Waals surface area contributed by atoms with Crippen LogP contribution < -0.4 is 9.04 Å². The second-order valence-electron chi connectivity index (χ2n) is 9.19. The Morgan fingerprint density at radius 2 is 1.97 bits per heavy atom. The Morgan fingerprint density at radius 1 is 1.27 bits per heavy atom. The van der Waals surface area contributed by atoms with Gasteiger partial charge in [-0.15, -0.1) is 11.3 Å². The molecule has 0 amide bonds. The van der Waals surface area contributed by atoms with Crippen LogP contribution in [0.25, 0.3) is 0 Å². The molecule has 0 fully saturated rings. The summed E-state index contributed by atoms with van der Waals surface area (Å²) >= 11 is 1.12.